The summed E-state index contributed by atoms with van der Waals surface area (Å²) in [5, 5.41) is 8.99. The maximum Gasteiger partial charge on any atom is 0.242 e. The van der Waals surface area contributed by atoms with Crippen molar-refractivity contribution in [1.29, 1.82) is 5.26 Å². The lowest BCUT2D eigenvalue weighted by Crippen LogP contribution is -2.47. The Morgan fingerprint density at radius 2 is 2.03 bits per heavy atom. The first-order valence-corrected chi connectivity index (χ1v) is 11.1. The Labute approximate surface area is 174 Å². The van der Waals surface area contributed by atoms with Gasteiger partial charge >= 0.3 is 0 Å². The SMILES string of the molecule is CS(=O)(=O)N1CCO[C@H](COc2nc(-c3ccc(C#N)cc3)cc3nccnc23)C1. The molecule has 1 fully saturated rings. The van der Waals surface area contributed by atoms with E-state index in [-0.39, 0.29) is 13.2 Å². The van der Waals surface area contributed by atoms with Crippen LogP contribution in [-0.2, 0) is 14.8 Å². The van der Waals surface area contributed by atoms with Crippen LogP contribution in [-0.4, -0.2) is 66.3 Å². The number of sulfonamides is 1. The molecule has 154 valence electrons. The predicted molar refractivity (Wildman–Crippen MR) is 109 cm³/mol. The molecule has 1 aliphatic heterocycles. The number of morpholine rings is 1. The molecule has 0 aliphatic carbocycles. The molecule has 30 heavy (non-hydrogen) atoms. The third kappa shape index (κ3) is 4.38. The van der Waals surface area contributed by atoms with Crippen LogP contribution in [0.4, 0.5) is 0 Å². The van der Waals surface area contributed by atoms with Gasteiger partial charge in [0.2, 0.25) is 15.9 Å². The summed E-state index contributed by atoms with van der Waals surface area (Å²) in [7, 11) is -3.29. The Kier molecular flexibility index (Phi) is 5.59. The van der Waals surface area contributed by atoms with Gasteiger partial charge in [0.25, 0.3) is 0 Å². The zero-order valence-corrected chi connectivity index (χ0v) is 17.0. The maximum atomic E-state index is 11.8. The molecular weight excluding hydrogens is 406 g/mol. The molecule has 0 amide bonds. The smallest absolute Gasteiger partial charge is 0.242 e. The van der Waals surface area contributed by atoms with Crippen molar-refractivity contribution >= 4 is 21.1 Å². The van der Waals surface area contributed by atoms with E-state index >= 15 is 0 Å². The summed E-state index contributed by atoms with van der Waals surface area (Å²) < 4.78 is 36.6. The molecule has 3 aromatic rings. The van der Waals surface area contributed by atoms with E-state index in [2.05, 4.69) is 21.0 Å². The number of ether oxygens (including phenoxy) is 2. The van der Waals surface area contributed by atoms with Gasteiger partial charge in [-0.1, -0.05) is 12.1 Å². The summed E-state index contributed by atoms with van der Waals surface area (Å²) in [4.78, 5) is 13.3. The van der Waals surface area contributed by atoms with Gasteiger partial charge in [0, 0.05) is 31.0 Å². The average Bonchev–Trinajstić information content (AvgIpc) is 2.77. The number of hydrogen-bond donors (Lipinski definition) is 0. The highest BCUT2D eigenvalue weighted by atomic mass is 32.2. The van der Waals surface area contributed by atoms with E-state index in [1.165, 1.54) is 10.6 Å². The number of nitriles is 1. The van der Waals surface area contributed by atoms with Gasteiger partial charge in [0.1, 0.15) is 12.7 Å². The summed E-state index contributed by atoms with van der Waals surface area (Å²) >= 11 is 0. The van der Waals surface area contributed by atoms with E-state index in [0.29, 0.717) is 41.3 Å². The van der Waals surface area contributed by atoms with Gasteiger partial charge in [-0.25, -0.2) is 18.4 Å². The summed E-state index contributed by atoms with van der Waals surface area (Å²) in [5.74, 6) is 0.292. The van der Waals surface area contributed by atoms with E-state index in [4.69, 9.17) is 14.7 Å². The van der Waals surface area contributed by atoms with Crippen LogP contribution in [0.15, 0.2) is 42.7 Å². The minimum atomic E-state index is -3.29. The normalized spacial score (nSPS) is 17.5. The van der Waals surface area contributed by atoms with Gasteiger partial charge in [-0.2, -0.15) is 9.57 Å². The van der Waals surface area contributed by atoms with Crippen molar-refractivity contribution in [2.45, 2.75) is 6.10 Å². The average molecular weight is 425 g/mol. The zero-order valence-electron chi connectivity index (χ0n) is 16.2. The van der Waals surface area contributed by atoms with Crippen LogP contribution in [0.1, 0.15) is 5.56 Å². The van der Waals surface area contributed by atoms with Crippen molar-refractivity contribution in [1.82, 2.24) is 19.3 Å². The highest BCUT2D eigenvalue weighted by molar-refractivity contribution is 7.88. The molecular formula is C20H19N5O4S. The fourth-order valence-corrected chi connectivity index (χ4v) is 4.02. The maximum absolute atomic E-state index is 11.8. The number of pyridine rings is 1. The second-order valence-electron chi connectivity index (χ2n) is 6.85. The fraction of sp³-hybridized carbons (Fsp3) is 0.300. The molecule has 2 aromatic heterocycles. The molecule has 1 atom stereocenters. The standard InChI is InChI=1S/C20H19N5O4S/c1-30(26,27)25-8-9-28-16(12-25)13-29-20-19-18(22-6-7-23-19)10-17(24-20)15-4-2-14(11-21)3-5-15/h2-7,10,16H,8-9,12-13H2,1H3/t16-/m0/s1. The van der Waals surface area contributed by atoms with E-state index in [9.17, 15) is 8.42 Å². The van der Waals surface area contributed by atoms with Crippen LogP contribution < -0.4 is 4.74 Å². The minimum Gasteiger partial charge on any atom is -0.473 e. The van der Waals surface area contributed by atoms with E-state index in [1.807, 2.05) is 0 Å². The van der Waals surface area contributed by atoms with Crippen LogP contribution in [0.5, 0.6) is 5.88 Å². The number of aromatic nitrogens is 3. The van der Waals surface area contributed by atoms with Crippen LogP contribution in [0, 0.1) is 11.3 Å². The fourth-order valence-electron chi connectivity index (χ4n) is 3.17. The molecule has 1 saturated heterocycles. The van der Waals surface area contributed by atoms with Crippen molar-refractivity contribution in [2.75, 3.05) is 32.6 Å². The Bertz CT molecular complexity index is 1210. The number of nitrogens with zero attached hydrogens (tertiary/aromatic N) is 5. The largest absolute Gasteiger partial charge is 0.473 e. The van der Waals surface area contributed by atoms with Crippen molar-refractivity contribution in [2.24, 2.45) is 0 Å². The first-order valence-electron chi connectivity index (χ1n) is 9.26. The van der Waals surface area contributed by atoms with E-state index in [0.717, 1.165) is 5.56 Å². The number of rotatable bonds is 5. The Balaban J connectivity index is 1.60. The summed E-state index contributed by atoms with van der Waals surface area (Å²) in [5.41, 5.74) is 3.11. The molecule has 4 rings (SSSR count). The summed E-state index contributed by atoms with van der Waals surface area (Å²) in [6.07, 6.45) is 3.91. The van der Waals surface area contributed by atoms with Gasteiger partial charge in [0.05, 0.1) is 35.7 Å². The number of benzene rings is 1. The van der Waals surface area contributed by atoms with Crippen molar-refractivity contribution < 1.29 is 17.9 Å². The van der Waals surface area contributed by atoms with Crippen molar-refractivity contribution in [3.05, 3.63) is 48.3 Å². The molecule has 1 aromatic carbocycles. The first-order chi connectivity index (χ1) is 14.4. The lowest BCUT2D eigenvalue weighted by molar-refractivity contribution is -0.0252. The first kappa shape index (κ1) is 20.2. The van der Waals surface area contributed by atoms with Crippen molar-refractivity contribution in [3.63, 3.8) is 0 Å². The second kappa shape index (κ2) is 8.31. The van der Waals surface area contributed by atoms with Crippen LogP contribution >= 0.6 is 0 Å². The molecule has 0 saturated carbocycles. The molecule has 0 N–H and O–H groups in total. The topological polar surface area (TPSA) is 118 Å². The minimum absolute atomic E-state index is 0.127. The lowest BCUT2D eigenvalue weighted by Gasteiger charge is -2.30. The quantitative estimate of drug-likeness (QED) is 0.605. The van der Waals surface area contributed by atoms with Crippen LogP contribution in [0.25, 0.3) is 22.3 Å². The van der Waals surface area contributed by atoms with Crippen LogP contribution in [0.2, 0.25) is 0 Å². The highest BCUT2D eigenvalue weighted by Crippen LogP contribution is 2.27. The summed E-state index contributed by atoms with van der Waals surface area (Å²) in [6.45, 7) is 0.982. The van der Waals surface area contributed by atoms with E-state index in [1.54, 1.807) is 42.7 Å². The van der Waals surface area contributed by atoms with Gasteiger partial charge in [-0.05, 0) is 18.2 Å². The van der Waals surface area contributed by atoms with Crippen LogP contribution in [0.3, 0.4) is 0 Å². The third-order valence-electron chi connectivity index (χ3n) is 4.71. The van der Waals surface area contributed by atoms with Gasteiger partial charge in [-0.3, -0.25) is 4.98 Å². The molecule has 1 aliphatic rings. The number of hydrogen-bond acceptors (Lipinski definition) is 8. The monoisotopic (exact) mass is 425 g/mol. The Hall–Kier alpha value is -3.13. The second-order valence-corrected chi connectivity index (χ2v) is 8.83. The molecule has 0 unspecified atom stereocenters. The summed E-state index contributed by atoms with van der Waals surface area (Å²) in [6, 6.07) is 10.9. The molecule has 0 spiro atoms. The van der Waals surface area contributed by atoms with E-state index < -0.39 is 16.1 Å². The van der Waals surface area contributed by atoms with Gasteiger partial charge in [-0.15, -0.1) is 0 Å². The van der Waals surface area contributed by atoms with Gasteiger partial charge in [0.15, 0.2) is 5.52 Å². The molecule has 3 heterocycles. The Morgan fingerprint density at radius 3 is 2.77 bits per heavy atom. The molecule has 9 nitrogen and oxygen atoms in total. The lowest BCUT2D eigenvalue weighted by atomic mass is 10.1. The number of fused-ring (bicyclic) bond motifs is 1. The van der Waals surface area contributed by atoms with Gasteiger partial charge < -0.3 is 9.47 Å². The molecule has 0 bridgehead atoms. The Morgan fingerprint density at radius 1 is 1.27 bits per heavy atom. The highest BCUT2D eigenvalue weighted by Gasteiger charge is 2.27. The third-order valence-corrected chi connectivity index (χ3v) is 5.98. The molecule has 0 radical (unpaired) electrons. The zero-order chi connectivity index (χ0) is 21.1. The molecule has 10 heteroatoms. The van der Waals surface area contributed by atoms with Crippen molar-refractivity contribution in [3.8, 4) is 23.2 Å². The predicted octanol–water partition coefficient (Wildman–Crippen LogP) is 1.60.